The lowest BCUT2D eigenvalue weighted by atomic mass is 10.1. The van der Waals surface area contributed by atoms with Crippen molar-refractivity contribution in [2.24, 2.45) is 0 Å². The van der Waals surface area contributed by atoms with Crippen LogP contribution in [-0.4, -0.2) is 26.0 Å². The third-order valence-electron chi connectivity index (χ3n) is 4.12. The van der Waals surface area contributed by atoms with E-state index in [0.29, 0.717) is 17.1 Å². The molecule has 0 radical (unpaired) electrons. The molecule has 0 aliphatic rings. The number of rotatable bonds is 5. The van der Waals surface area contributed by atoms with Crippen LogP contribution in [0.5, 0.6) is 0 Å². The van der Waals surface area contributed by atoms with E-state index in [1.165, 1.54) is 18.2 Å². The van der Waals surface area contributed by atoms with Crippen molar-refractivity contribution in [2.45, 2.75) is 0 Å². The number of nitro benzene ring substituents is 1. The Balaban J connectivity index is 1.66. The van der Waals surface area contributed by atoms with Crippen molar-refractivity contribution in [3.8, 4) is 22.8 Å². The molecule has 0 spiro atoms. The van der Waals surface area contributed by atoms with Gasteiger partial charge in [0.15, 0.2) is 0 Å². The molecule has 142 valence electrons. The van der Waals surface area contributed by atoms with Gasteiger partial charge in [-0.05, 0) is 30.3 Å². The van der Waals surface area contributed by atoms with Gasteiger partial charge in [0.1, 0.15) is 5.56 Å². The van der Waals surface area contributed by atoms with Crippen molar-refractivity contribution in [2.75, 3.05) is 5.32 Å². The highest BCUT2D eigenvalue weighted by Crippen LogP contribution is 2.29. The average molecular weight is 387 g/mol. The largest absolute Gasteiger partial charge is 0.334 e. The molecule has 0 aliphatic carbocycles. The van der Waals surface area contributed by atoms with Gasteiger partial charge in [-0.25, -0.2) is 0 Å². The second-order valence-electron chi connectivity index (χ2n) is 5.93. The molecule has 4 aromatic rings. The van der Waals surface area contributed by atoms with Crippen molar-refractivity contribution in [1.82, 2.24) is 15.1 Å². The van der Waals surface area contributed by atoms with Crippen molar-refractivity contribution in [1.29, 1.82) is 0 Å². The van der Waals surface area contributed by atoms with E-state index < -0.39 is 10.8 Å². The quantitative estimate of drug-likeness (QED) is 0.406. The van der Waals surface area contributed by atoms with Crippen LogP contribution in [-0.2, 0) is 0 Å². The molecule has 0 atom stereocenters. The molecule has 29 heavy (non-hydrogen) atoms. The first kappa shape index (κ1) is 18.0. The van der Waals surface area contributed by atoms with Crippen LogP contribution in [0.4, 0.5) is 11.4 Å². The minimum absolute atomic E-state index is 0.0460. The van der Waals surface area contributed by atoms with Gasteiger partial charge >= 0.3 is 0 Å². The van der Waals surface area contributed by atoms with Gasteiger partial charge in [0.25, 0.3) is 17.5 Å². The van der Waals surface area contributed by atoms with Crippen LogP contribution in [0.1, 0.15) is 10.4 Å². The Labute approximate surface area is 164 Å². The summed E-state index contributed by atoms with van der Waals surface area (Å²) in [6.07, 6.45) is 3.23. The third kappa shape index (κ3) is 3.69. The molecule has 2 heterocycles. The molecule has 0 aliphatic heterocycles. The SMILES string of the molecule is O=C(Nc1ccccc1-c1nc(-c2ccncc2)no1)c1ccccc1[N+](=O)[O-]. The van der Waals surface area contributed by atoms with Gasteiger partial charge < -0.3 is 9.84 Å². The summed E-state index contributed by atoms with van der Waals surface area (Å²) < 4.78 is 5.35. The second-order valence-corrected chi connectivity index (χ2v) is 5.93. The fraction of sp³-hybridized carbons (Fsp3) is 0. The maximum absolute atomic E-state index is 12.7. The monoisotopic (exact) mass is 387 g/mol. The summed E-state index contributed by atoms with van der Waals surface area (Å²) in [4.78, 5) is 31.6. The lowest BCUT2D eigenvalue weighted by Crippen LogP contribution is -2.14. The first-order chi connectivity index (χ1) is 14.1. The van der Waals surface area contributed by atoms with Crippen molar-refractivity contribution >= 4 is 17.3 Å². The number of nitrogens with one attached hydrogen (secondary N) is 1. The smallest absolute Gasteiger partial charge is 0.282 e. The van der Waals surface area contributed by atoms with Crippen LogP contribution in [0.3, 0.4) is 0 Å². The van der Waals surface area contributed by atoms with E-state index in [2.05, 4.69) is 20.4 Å². The number of para-hydroxylation sites is 2. The number of carbonyl (C=O) groups excluding carboxylic acids is 1. The van der Waals surface area contributed by atoms with Crippen LogP contribution in [0.15, 0.2) is 77.6 Å². The summed E-state index contributed by atoms with van der Waals surface area (Å²) in [7, 11) is 0. The number of nitrogens with zero attached hydrogens (tertiary/aromatic N) is 4. The fourth-order valence-electron chi connectivity index (χ4n) is 2.74. The summed E-state index contributed by atoms with van der Waals surface area (Å²) in [5, 5.41) is 17.8. The summed E-state index contributed by atoms with van der Waals surface area (Å²) in [5.41, 5.74) is 1.29. The topological polar surface area (TPSA) is 124 Å². The van der Waals surface area contributed by atoms with Gasteiger partial charge in [0.2, 0.25) is 5.82 Å². The highest BCUT2D eigenvalue weighted by molar-refractivity contribution is 6.08. The number of pyridine rings is 1. The van der Waals surface area contributed by atoms with Gasteiger partial charge in [0.05, 0.1) is 16.2 Å². The van der Waals surface area contributed by atoms with E-state index >= 15 is 0 Å². The molecule has 0 saturated heterocycles. The summed E-state index contributed by atoms with van der Waals surface area (Å²) >= 11 is 0. The van der Waals surface area contributed by atoms with E-state index in [9.17, 15) is 14.9 Å². The van der Waals surface area contributed by atoms with Crippen LogP contribution in [0.2, 0.25) is 0 Å². The average Bonchev–Trinajstić information content (AvgIpc) is 3.25. The predicted octanol–water partition coefficient (Wildman–Crippen LogP) is 3.96. The zero-order chi connectivity index (χ0) is 20.2. The number of carbonyl (C=O) groups is 1. The summed E-state index contributed by atoms with van der Waals surface area (Å²) in [6.45, 7) is 0. The minimum Gasteiger partial charge on any atom is -0.334 e. The van der Waals surface area contributed by atoms with Gasteiger partial charge in [-0.15, -0.1) is 0 Å². The number of amides is 1. The summed E-state index contributed by atoms with van der Waals surface area (Å²) in [5.74, 6) is -0.0314. The van der Waals surface area contributed by atoms with Gasteiger partial charge in [-0.1, -0.05) is 29.4 Å². The predicted molar refractivity (Wildman–Crippen MR) is 104 cm³/mol. The van der Waals surface area contributed by atoms with Crippen LogP contribution >= 0.6 is 0 Å². The molecular formula is C20H13N5O4. The lowest BCUT2D eigenvalue weighted by Gasteiger charge is -2.08. The minimum atomic E-state index is -0.612. The van der Waals surface area contributed by atoms with E-state index in [0.717, 1.165) is 5.56 Å². The maximum atomic E-state index is 12.7. The van der Waals surface area contributed by atoms with E-state index in [-0.39, 0.29) is 17.1 Å². The lowest BCUT2D eigenvalue weighted by molar-refractivity contribution is -0.385. The van der Waals surface area contributed by atoms with Gasteiger partial charge in [-0.2, -0.15) is 4.98 Å². The number of anilines is 1. The molecule has 0 fully saturated rings. The normalized spacial score (nSPS) is 10.5. The van der Waals surface area contributed by atoms with E-state index in [1.807, 2.05) is 0 Å². The maximum Gasteiger partial charge on any atom is 0.282 e. The highest BCUT2D eigenvalue weighted by atomic mass is 16.6. The molecule has 0 unspecified atom stereocenters. The molecule has 9 heteroatoms. The third-order valence-corrected chi connectivity index (χ3v) is 4.12. The molecule has 1 N–H and O–H groups in total. The molecule has 0 bridgehead atoms. The Bertz CT molecular complexity index is 1190. The highest BCUT2D eigenvalue weighted by Gasteiger charge is 2.21. The Morgan fingerprint density at radius 2 is 1.72 bits per heavy atom. The van der Waals surface area contributed by atoms with Gasteiger partial charge in [-0.3, -0.25) is 19.9 Å². The zero-order valence-electron chi connectivity index (χ0n) is 14.9. The molecule has 1 amide bonds. The number of benzene rings is 2. The molecule has 2 aromatic heterocycles. The van der Waals surface area contributed by atoms with Crippen LogP contribution < -0.4 is 5.32 Å². The van der Waals surface area contributed by atoms with Crippen molar-refractivity contribution in [3.05, 3.63) is 88.7 Å². The first-order valence-electron chi connectivity index (χ1n) is 8.52. The first-order valence-corrected chi connectivity index (χ1v) is 8.52. The zero-order valence-corrected chi connectivity index (χ0v) is 14.9. The Morgan fingerprint density at radius 3 is 2.52 bits per heavy atom. The summed E-state index contributed by atoms with van der Waals surface area (Å²) in [6, 6.07) is 16.1. The van der Waals surface area contributed by atoms with Crippen LogP contribution in [0, 0.1) is 10.1 Å². The Hall–Kier alpha value is -4.40. The number of nitro groups is 1. The number of aromatic nitrogens is 3. The van der Waals surface area contributed by atoms with Crippen molar-refractivity contribution in [3.63, 3.8) is 0 Å². The van der Waals surface area contributed by atoms with Crippen molar-refractivity contribution < 1.29 is 14.2 Å². The standard InChI is InChI=1S/C20H13N5O4/c26-19(15-6-2-4-8-17(15)25(27)28)22-16-7-3-1-5-14(16)20-23-18(24-29-20)13-9-11-21-12-10-13/h1-12H,(H,22,26). The van der Waals surface area contributed by atoms with E-state index in [4.69, 9.17) is 4.52 Å². The second kappa shape index (κ2) is 7.69. The molecule has 0 saturated carbocycles. The molecular weight excluding hydrogens is 374 g/mol. The Kier molecular flexibility index (Phi) is 4.77. The number of hydrogen-bond acceptors (Lipinski definition) is 7. The fourth-order valence-corrected chi connectivity index (χ4v) is 2.74. The molecule has 9 nitrogen and oxygen atoms in total. The van der Waals surface area contributed by atoms with E-state index in [1.54, 1.807) is 54.9 Å². The molecule has 2 aromatic carbocycles. The van der Waals surface area contributed by atoms with Crippen LogP contribution in [0.25, 0.3) is 22.8 Å². The molecule has 4 rings (SSSR count). The number of hydrogen-bond donors (Lipinski definition) is 1. The van der Waals surface area contributed by atoms with Gasteiger partial charge in [0, 0.05) is 24.0 Å². The Morgan fingerprint density at radius 1 is 1.00 bits per heavy atom.